The Morgan fingerprint density at radius 3 is 1.19 bits per heavy atom. The first-order valence-electron chi connectivity index (χ1n) is 10.5. The molecule has 0 fully saturated rings. The minimum absolute atomic E-state index is 0.442. The summed E-state index contributed by atoms with van der Waals surface area (Å²) in [5, 5.41) is 0. The van der Waals surface area contributed by atoms with E-state index in [0.29, 0.717) is 37.4 Å². The zero-order chi connectivity index (χ0) is 20.1. The molecule has 0 radical (unpaired) electrons. The molecule has 0 saturated heterocycles. The highest BCUT2D eigenvalue weighted by Gasteiger charge is 2.13. The summed E-state index contributed by atoms with van der Waals surface area (Å²) in [6.07, 6.45) is 3.29. The van der Waals surface area contributed by atoms with Gasteiger partial charge in [-0.3, -0.25) is 9.80 Å². The Morgan fingerprint density at radius 2 is 0.923 bits per heavy atom. The molecule has 0 atom stereocenters. The standard InChI is InChI=1S/C21H44N2O3/c1-17(2)22(18(3)4)13-9-11-15-25-21(24)26-16-12-10-14-23(19(5)6)20(7)8/h17-20H,9-16H2,1-8H3. The molecule has 5 nitrogen and oxygen atoms in total. The van der Waals surface area contributed by atoms with Crippen molar-refractivity contribution in [1.82, 2.24) is 9.80 Å². The summed E-state index contributed by atoms with van der Waals surface area (Å²) in [6, 6.07) is 2.18. The van der Waals surface area contributed by atoms with E-state index in [4.69, 9.17) is 9.47 Å². The van der Waals surface area contributed by atoms with Gasteiger partial charge in [0.15, 0.2) is 0 Å². The quantitative estimate of drug-likeness (QED) is 0.319. The van der Waals surface area contributed by atoms with Crippen LogP contribution in [0.2, 0.25) is 0 Å². The molecule has 0 rings (SSSR count). The molecule has 0 saturated carbocycles. The van der Waals surface area contributed by atoms with Gasteiger partial charge in [-0.15, -0.1) is 0 Å². The number of carbonyl (C=O) groups is 1. The first-order chi connectivity index (χ1) is 12.2. The Labute approximate surface area is 162 Å². The SMILES string of the molecule is CC(C)N(CCCCOC(=O)OCCCCN(C(C)C)C(C)C)C(C)C. The van der Waals surface area contributed by atoms with Gasteiger partial charge < -0.3 is 9.47 Å². The second-order valence-corrected chi connectivity index (χ2v) is 8.21. The van der Waals surface area contributed by atoms with Gasteiger partial charge in [-0.2, -0.15) is 0 Å². The summed E-state index contributed by atoms with van der Waals surface area (Å²) in [5.41, 5.74) is 0. The fourth-order valence-electron chi connectivity index (χ4n) is 3.37. The van der Waals surface area contributed by atoms with Crippen LogP contribution >= 0.6 is 0 Å². The highest BCUT2D eigenvalue weighted by molar-refractivity contribution is 5.59. The van der Waals surface area contributed by atoms with E-state index in [-0.39, 0.29) is 0 Å². The van der Waals surface area contributed by atoms with Crippen molar-refractivity contribution in [2.24, 2.45) is 0 Å². The summed E-state index contributed by atoms with van der Waals surface area (Å²) in [6.45, 7) is 20.7. The molecule has 0 aromatic rings. The van der Waals surface area contributed by atoms with E-state index in [0.717, 1.165) is 38.8 Å². The Morgan fingerprint density at radius 1 is 0.615 bits per heavy atom. The average molecular weight is 373 g/mol. The van der Waals surface area contributed by atoms with Gasteiger partial charge >= 0.3 is 6.16 Å². The molecule has 0 N–H and O–H groups in total. The molecule has 0 heterocycles. The predicted octanol–water partition coefficient (Wildman–Crippen LogP) is 4.94. The molecule has 0 bridgehead atoms. The van der Waals surface area contributed by atoms with Crippen LogP contribution in [-0.4, -0.2) is 66.4 Å². The number of hydrogen-bond acceptors (Lipinski definition) is 5. The van der Waals surface area contributed by atoms with Crippen molar-refractivity contribution in [3.05, 3.63) is 0 Å². The molecule has 26 heavy (non-hydrogen) atoms. The van der Waals surface area contributed by atoms with Crippen LogP contribution in [0.5, 0.6) is 0 Å². The Balaban J connectivity index is 3.69. The van der Waals surface area contributed by atoms with Gasteiger partial charge in [0.25, 0.3) is 0 Å². The van der Waals surface area contributed by atoms with Crippen molar-refractivity contribution in [2.45, 2.75) is 105 Å². The lowest BCUT2D eigenvalue weighted by Crippen LogP contribution is -2.37. The topological polar surface area (TPSA) is 42.0 Å². The highest BCUT2D eigenvalue weighted by atomic mass is 16.7. The Hall–Kier alpha value is -0.810. The molecule has 0 aliphatic heterocycles. The lowest BCUT2D eigenvalue weighted by atomic mass is 10.2. The number of ether oxygens (including phenoxy) is 2. The van der Waals surface area contributed by atoms with E-state index in [9.17, 15) is 4.79 Å². The van der Waals surface area contributed by atoms with Crippen LogP contribution in [0.25, 0.3) is 0 Å². The lowest BCUT2D eigenvalue weighted by Gasteiger charge is -2.30. The van der Waals surface area contributed by atoms with Gasteiger partial charge in [0.2, 0.25) is 0 Å². The second-order valence-electron chi connectivity index (χ2n) is 8.21. The van der Waals surface area contributed by atoms with Gasteiger partial charge in [0.05, 0.1) is 13.2 Å². The maximum Gasteiger partial charge on any atom is 0.508 e. The minimum Gasteiger partial charge on any atom is -0.434 e. The first kappa shape index (κ1) is 25.2. The molecule has 156 valence electrons. The summed E-state index contributed by atoms with van der Waals surface area (Å²) < 4.78 is 10.3. The number of rotatable bonds is 14. The maximum atomic E-state index is 11.6. The first-order valence-corrected chi connectivity index (χ1v) is 10.5. The van der Waals surface area contributed by atoms with E-state index in [1.165, 1.54) is 0 Å². The Bertz CT molecular complexity index is 309. The molecule has 0 aromatic carbocycles. The van der Waals surface area contributed by atoms with E-state index in [2.05, 4.69) is 65.2 Å². The lowest BCUT2D eigenvalue weighted by molar-refractivity contribution is 0.0507. The van der Waals surface area contributed by atoms with Crippen LogP contribution in [0.15, 0.2) is 0 Å². The number of unbranched alkanes of at least 4 members (excludes halogenated alkanes) is 2. The summed E-state index contributed by atoms with van der Waals surface area (Å²) in [5.74, 6) is 0. The van der Waals surface area contributed by atoms with Crippen LogP contribution in [0.3, 0.4) is 0 Å². The minimum atomic E-state index is -0.529. The third-order valence-corrected chi connectivity index (χ3v) is 4.71. The second kappa shape index (κ2) is 14.3. The number of hydrogen-bond donors (Lipinski definition) is 0. The van der Waals surface area contributed by atoms with Gasteiger partial charge in [-0.1, -0.05) is 0 Å². The predicted molar refractivity (Wildman–Crippen MR) is 110 cm³/mol. The van der Waals surface area contributed by atoms with Crippen LogP contribution in [0.4, 0.5) is 4.79 Å². The van der Waals surface area contributed by atoms with Crippen LogP contribution in [-0.2, 0) is 9.47 Å². The molecule has 5 heteroatoms. The third-order valence-electron chi connectivity index (χ3n) is 4.71. The van der Waals surface area contributed by atoms with Gasteiger partial charge in [0.1, 0.15) is 0 Å². The van der Waals surface area contributed by atoms with Crippen molar-refractivity contribution in [3.8, 4) is 0 Å². The van der Waals surface area contributed by atoms with Gasteiger partial charge in [-0.05, 0) is 94.2 Å². The highest BCUT2D eigenvalue weighted by Crippen LogP contribution is 2.08. The monoisotopic (exact) mass is 372 g/mol. The fraction of sp³-hybridized carbons (Fsp3) is 0.952. The molecule has 0 spiro atoms. The van der Waals surface area contributed by atoms with E-state index >= 15 is 0 Å². The fourth-order valence-corrected chi connectivity index (χ4v) is 3.37. The summed E-state index contributed by atoms with van der Waals surface area (Å²) >= 11 is 0. The molecule has 0 amide bonds. The van der Waals surface area contributed by atoms with Crippen molar-refractivity contribution in [1.29, 1.82) is 0 Å². The summed E-state index contributed by atoms with van der Waals surface area (Å²) in [4.78, 5) is 16.5. The van der Waals surface area contributed by atoms with Crippen molar-refractivity contribution < 1.29 is 14.3 Å². The zero-order valence-corrected chi connectivity index (χ0v) is 18.6. The van der Waals surface area contributed by atoms with Crippen molar-refractivity contribution >= 4 is 6.16 Å². The van der Waals surface area contributed by atoms with Crippen LogP contribution < -0.4 is 0 Å². The molecular formula is C21H44N2O3. The molecule has 0 unspecified atom stereocenters. The molecule has 0 aliphatic rings. The van der Waals surface area contributed by atoms with E-state index in [1.807, 2.05) is 0 Å². The zero-order valence-electron chi connectivity index (χ0n) is 18.6. The van der Waals surface area contributed by atoms with Crippen LogP contribution in [0.1, 0.15) is 81.1 Å². The van der Waals surface area contributed by atoms with Gasteiger partial charge in [0, 0.05) is 24.2 Å². The smallest absolute Gasteiger partial charge is 0.434 e. The summed E-state index contributed by atoms with van der Waals surface area (Å²) in [7, 11) is 0. The van der Waals surface area contributed by atoms with Crippen LogP contribution in [0, 0.1) is 0 Å². The molecule has 0 aromatic heterocycles. The van der Waals surface area contributed by atoms with E-state index < -0.39 is 6.16 Å². The molecular weight excluding hydrogens is 328 g/mol. The Kier molecular flexibility index (Phi) is 13.8. The number of carbonyl (C=O) groups excluding carboxylic acids is 1. The maximum absolute atomic E-state index is 11.6. The normalized spacial score (nSPS) is 12.2. The van der Waals surface area contributed by atoms with Crippen molar-refractivity contribution in [3.63, 3.8) is 0 Å². The van der Waals surface area contributed by atoms with Crippen molar-refractivity contribution in [2.75, 3.05) is 26.3 Å². The van der Waals surface area contributed by atoms with E-state index in [1.54, 1.807) is 0 Å². The molecule has 0 aliphatic carbocycles. The number of nitrogens with zero attached hydrogens (tertiary/aromatic N) is 2. The largest absolute Gasteiger partial charge is 0.508 e. The van der Waals surface area contributed by atoms with Gasteiger partial charge in [-0.25, -0.2) is 4.79 Å². The third kappa shape index (κ3) is 11.7. The average Bonchev–Trinajstić information content (AvgIpc) is 2.52.